The fourth-order valence-corrected chi connectivity index (χ4v) is 2.18. The van der Waals surface area contributed by atoms with Crippen LogP contribution in [0.25, 0.3) is 0 Å². The summed E-state index contributed by atoms with van der Waals surface area (Å²) in [5.74, 6) is -2.17. The molecule has 2 N–H and O–H groups in total. The predicted molar refractivity (Wildman–Crippen MR) is 91.0 cm³/mol. The lowest BCUT2D eigenvalue weighted by Gasteiger charge is -2.10. The highest BCUT2D eigenvalue weighted by atomic mass is 19.2. The van der Waals surface area contributed by atoms with Crippen LogP contribution in [0, 0.1) is 11.6 Å². The standard InChI is InChI=1S/C18H18F2N2O4/c1-25-15-6-3-11(7-16(15)26-2)10-21-17(23)9-18(24)22-12-4-5-13(19)14(20)8-12/h3-8H,9-10H2,1-2H3,(H,21,23)(H,22,24). The fraction of sp³-hybridized carbons (Fsp3) is 0.222. The smallest absolute Gasteiger partial charge is 0.233 e. The van der Waals surface area contributed by atoms with Gasteiger partial charge in [-0.25, -0.2) is 8.78 Å². The zero-order valence-corrected chi connectivity index (χ0v) is 14.3. The second-order valence-electron chi connectivity index (χ2n) is 5.32. The summed E-state index contributed by atoms with van der Waals surface area (Å²) in [6, 6.07) is 8.11. The Morgan fingerprint density at radius 3 is 2.31 bits per heavy atom. The third-order valence-corrected chi connectivity index (χ3v) is 3.46. The molecule has 0 aromatic heterocycles. The molecule has 8 heteroatoms. The molecule has 2 aromatic rings. The number of nitrogens with one attached hydrogen (secondary N) is 2. The number of benzene rings is 2. The van der Waals surface area contributed by atoms with Crippen LogP contribution in [0.3, 0.4) is 0 Å². The summed E-state index contributed by atoms with van der Waals surface area (Å²) in [5, 5.41) is 4.92. The third-order valence-electron chi connectivity index (χ3n) is 3.46. The number of rotatable bonds is 7. The average molecular weight is 364 g/mol. The van der Waals surface area contributed by atoms with Gasteiger partial charge in [0.25, 0.3) is 0 Å². The molecular weight excluding hydrogens is 346 g/mol. The van der Waals surface area contributed by atoms with E-state index in [2.05, 4.69) is 10.6 Å². The molecule has 26 heavy (non-hydrogen) atoms. The van der Waals surface area contributed by atoms with Gasteiger partial charge in [-0.2, -0.15) is 0 Å². The summed E-state index contributed by atoms with van der Waals surface area (Å²) in [6.07, 6.45) is -0.452. The SMILES string of the molecule is COc1ccc(CNC(=O)CC(=O)Nc2ccc(F)c(F)c2)cc1OC. The Morgan fingerprint density at radius 1 is 0.923 bits per heavy atom. The maximum atomic E-state index is 13.1. The van der Waals surface area contributed by atoms with Gasteiger partial charge in [-0.1, -0.05) is 6.07 Å². The summed E-state index contributed by atoms with van der Waals surface area (Å²) in [4.78, 5) is 23.6. The van der Waals surface area contributed by atoms with E-state index in [4.69, 9.17) is 9.47 Å². The van der Waals surface area contributed by atoms with Gasteiger partial charge in [0.1, 0.15) is 6.42 Å². The Kier molecular flexibility index (Phi) is 6.48. The molecule has 0 aliphatic rings. The van der Waals surface area contributed by atoms with Crippen molar-refractivity contribution in [2.75, 3.05) is 19.5 Å². The first-order chi connectivity index (χ1) is 12.4. The monoisotopic (exact) mass is 364 g/mol. The first-order valence-electron chi connectivity index (χ1n) is 7.65. The van der Waals surface area contributed by atoms with Crippen molar-refractivity contribution >= 4 is 17.5 Å². The minimum absolute atomic E-state index is 0.0709. The lowest BCUT2D eigenvalue weighted by molar-refractivity contribution is -0.126. The van der Waals surface area contributed by atoms with Gasteiger partial charge >= 0.3 is 0 Å². The van der Waals surface area contributed by atoms with E-state index >= 15 is 0 Å². The number of hydrogen-bond acceptors (Lipinski definition) is 4. The van der Waals surface area contributed by atoms with Crippen molar-refractivity contribution in [3.63, 3.8) is 0 Å². The molecule has 0 saturated heterocycles. The van der Waals surface area contributed by atoms with Gasteiger partial charge in [0.15, 0.2) is 23.1 Å². The summed E-state index contributed by atoms with van der Waals surface area (Å²) in [5.41, 5.74) is 0.832. The minimum atomic E-state index is -1.08. The largest absolute Gasteiger partial charge is 0.493 e. The van der Waals surface area contributed by atoms with E-state index < -0.39 is 29.9 Å². The highest BCUT2D eigenvalue weighted by molar-refractivity contribution is 6.03. The molecule has 138 valence electrons. The molecule has 0 heterocycles. The molecule has 0 aliphatic heterocycles. The number of carbonyl (C=O) groups is 2. The molecule has 0 atom stereocenters. The second kappa shape index (κ2) is 8.80. The quantitative estimate of drug-likeness (QED) is 0.741. The van der Waals surface area contributed by atoms with Crippen LogP contribution in [-0.4, -0.2) is 26.0 Å². The number of anilines is 1. The first kappa shape index (κ1) is 19.2. The molecule has 0 aliphatic carbocycles. The Bertz CT molecular complexity index is 812. The van der Waals surface area contributed by atoms with Crippen LogP contribution in [0.15, 0.2) is 36.4 Å². The van der Waals surface area contributed by atoms with Crippen molar-refractivity contribution in [2.45, 2.75) is 13.0 Å². The van der Waals surface area contributed by atoms with Crippen molar-refractivity contribution in [1.29, 1.82) is 0 Å². The van der Waals surface area contributed by atoms with E-state index in [0.717, 1.165) is 17.7 Å². The molecule has 0 unspecified atom stereocenters. The molecule has 0 spiro atoms. The van der Waals surface area contributed by atoms with Crippen molar-refractivity contribution in [3.8, 4) is 11.5 Å². The van der Waals surface area contributed by atoms with Gasteiger partial charge in [0.2, 0.25) is 11.8 Å². The summed E-state index contributed by atoms with van der Waals surface area (Å²) < 4.78 is 36.2. The number of amides is 2. The van der Waals surface area contributed by atoms with Crippen molar-refractivity contribution in [1.82, 2.24) is 5.32 Å². The second-order valence-corrected chi connectivity index (χ2v) is 5.32. The van der Waals surface area contributed by atoms with Gasteiger partial charge in [-0.05, 0) is 29.8 Å². The summed E-state index contributed by atoms with van der Waals surface area (Å²) in [7, 11) is 3.02. The zero-order valence-electron chi connectivity index (χ0n) is 14.3. The van der Waals surface area contributed by atoms with E-state index in [1.165, 1.54) is 20.3 Å². The van der Waals surface area contributed by atoms with Gasteiger partial charge < -0.3 is 20.1 Å². The maximum absolute atomic E-state index is 13.1. The highest BCUT2D eigenvalue weighted by Gasteiger charge is 2.12. The Hall–Kier alpha value is -3.16. The average Bonchev–Trinajstić information content (AvgIpc) is 2.62. The Morgan fingerprint density at radius 2 is 1.65 bits per heavy atom. The number of halogens is 2. The molecule has 2 amide bonds. The molecule has 0 fully saturated rings. The normalized spacial score (nSPS) is 10.2. The third kappa shape index (κ3) is 5.17. The van der Waals surface area contributed by atoms with Crippen LogP contribution in [0.1, 0.15) is 12.0 Å². The molecule has 2 rings (SSSR count). The highest BCUT2D eigenvalue weighted by Crippen LogP contribution is 2.27. The van der Waals surface area contributed by atoms with Crippen molar-refractivity contribution < 1.29 is 27.8 Å². The van der Waals surface area contributed by atoms with Gasteiger partial charge in [-0.3, -0.25) is 9.59 Å². The van der Waals surface area contributed by atoms with Gasteiger partial charge in [0, 0.05) is 18.3 Å². The van der Waals surface area contributed by atoms with E-state index in [9.17, 15) is 18.4 Å². The zero-order chi connectivity index (χ0) is 19.1. The van der Waals surface area contributed by atoms with Crippen LogP contribution in [0.4, 0.5) is 14.5 Å². The number of ether oxygens (including phenoxy) is 2. The first-order valence-corrected chi connectivity index (χ1v) is 7.65. The van der Waals surface area contributed by atoms with Crippen LogP contribution >= 0.6 is 0 Å². The molecular formula is C18H18F2N2O4. The van der Waals surface area contributed by atoms with Gasteiger partial charge in [-0.15, -0.1) is 0 Å². The van der Waals surface area contributed by atoms with E-state index in [1.807, 2.05) is 0 Å². The predicted octanol–water partition coefficient (Wildman–Crippen LogP) is 2.63. The van der Waals surface area contributed by atoms with Crippen molar-refractivity contribution in [3.05, 3.63) is 53.6 Å². The number of hydrogen-bond donors (Lipinski definition) is 2. The lowest BCUT2D eigenvalue weighted by atomic mass is 10.2. The van der Waals surface area contributed by atoms with Crippen LogP contribution in [-0.2, 0) is 16.1 Å². The molecule has 6 nitrogen and oxygen atoms in total. The molecule has 0 bridgehead atoms. The van der Waals surface area contributed by atoms with E-state index in [-0.39, 0.29) is 12.2 Å². The lowest BCUT2D eigenvalue weighted by Crippen LogP contribution is -2.27. The Labute approximate surface area is 149 Å². The fourth-order valence-electron chi connectivity index (χ4n) is 2.18. The van der Waals surface area contributed by atoms with Crippen LogP contribution in [0.5, 0.6) is 11.5 Å². The molecule has 0 radical (unpaired) electrons. The van der Waals surface area contributed by atoms with Gasteiger partial charge in [0.05, 0.1) is 14.2 Å². The molecule has 2 aromatic carbocycles. The number of carbonyl (C=O) groups excluding carboxylic acids is 2. The summed E-state index contributed by atoms with van der Waals surface area (Å²) >= 11 is 0. The maximum Gasteiger partial charge on any atom is 0.233 e. The van der Waals surface area contributed by atoms with Crippen LogP contribution < -0.4 is 20.1 Å². The van der Waals surface area contributed by atoms with E-state index in [1.54, 1.807) is 18.2 Å². The minimum Gasteiger partial charge on any atom is -0.493 e. The Balaban J connectivity index is 1.86. The summed E-state index contributed by atoms with van der Waals surface area (Å²) in [6.45, 7) is 0.192. The topological polar surface area (TPSA) is 76.7 Å². The van der Waals surface area contributed by atoms with E-state index in [0.29, 0.717) is 11.5 Å². The molecule has 0 saturated carbocycles. The van der Waals surface area contributed by atoms with Crippen LogP contribution in [0.2, 0.25) is 0 Å². The van der Waals surface area contributed by atoms with Crippen molar-refractivity contribution in [2.24, 2.45) is 0 Å². The number of methoxy groups -OCH3 is 2.